The van der Waals surface area contributed by atoms with E-state index in [1.54, 1.807) is 13.8 Å². The highest BCUT2D eigenvalue weighted by molar-refractivity contribution is 7.92. The molecule has 2 aromatic carbocycles. The molecule has 2 aromatic rings. The number of ether oxygens (including phenoxy) is 3. The van der Waals surface area contributed by atoms with Crippen LogP contribution >= 0.6 is 0 Å². The fourth-order valence-electron chi connectivity index (χ4n) is 2.14. The predicted octanol–water partition coefficient (Wildman–Crippen LogP) is 4.18. The maximum Gasteiger partial charge on any atom is 0.573 e. The number of benzene rings is 2. The van der Waals surface area contributed by atoms with Gasteiger partial charge in [0.2, 0.25) is 0 Å². The summed E-state index contributed by atoms with van der Waals surface area (Å²) in [5.74, 6) is 0.230. The summed E-state index contributed by atoms with van der Waals surface area (Å²) in [7, 11) is -3.98. The number of hydrogen-bond acceptors (Lipinski definition) is 5. The summed E-state index contributed by atoms with van der Waals surface area (Å²) in [5, 5.41) is 0. The molecule has 2 rings (SSSR count). The largest absolute Gasteiger partial charge is 0.573 e. The molecule has 0 aliphatic rings. The van der Waals surface area contributed by atoms with Crippen LogP contribution in [0.25, 0.3) is 0 Å². The second-order valence-corrected chi connectivity index (χ2v) is 6.83. The molecule has 0 radical (unpaired) electrons. The highest BCUT2D eigenvalue weighted by Gasteiger charge is 2.31. The Kier molecular flexibility index (Phi) is 6.42. The summed E-state index contributed by atoms with van der Waals surface area (Å²) in [5.41, 5.74) is 0.0800. The molecule has 0 saturated heterocycles. The zero-order valence-electron chi connectivity index (χ0n) is 14.5. The number of nitrogens with one attached hydrogen (secondary N) is 1. The van der Waals surface area contributed by atoms with Crippen LogP contribution in [0.1, 0.15) is 13.8 Å². The molecule has 1 N–H and O–H groups in total. The van der Waals surface area contributed by atoms with Gasteiger partial charge in [-0.3, -0.25) is 4.72 Å². The number of rotatable bonds is 8. The average Bonchev–Trinajstić information content (AvgIpc) is 2.57. The predicted molar refractivity (Wildman–Crippen MR) is 92.7 cm³/mol. The molecule has 10 heteroatoms. The second-order valence-electron chi connectivity index (χ2n) is 5.15. The first kappa shape index (κ1) is 20.7. The van der Waals surface area contributed by atoms with Crippen molar-refractivity contribution in [2.75, 3.05) is 17.9 Å². The quantitative estimate of drug-likeness (QED) is 0.713. The van der Waals surface area contributed by atoms with E-state index in [0.717, 1.165) is 24.3 Å². The molecule has 0 unspecified atom stereocenters. The SMILES string of the molecule is CCOc1ccc(S(=O)(=O)Nc2ccc(OC(F)(F)F)cc2)cc1OCC. The average molecular weight is 405 g/mol. The van der Waals surface area contributed by atoms with E-state index < -0.39 is 22.1 Å². The highest BCUT2D eigenvalue weighted by atomic mass is 32.2. The molecule has 0 spiro atoms. The summed E-state index contributed by atoms with van der Waals surface area (Å²) in [6, 6.07) is 8.48. The number of anilines is 1. The molecule has 0 heterocycles. The normalized spacial score (nSPS) is 11.7. The van der Waals surface area contributed by atoms with Crippen LogP contribution in [0.4, 0.5) is 18.9 Å². The van der Waals surface area contributed by atoms with E-state index in [4.69, 9.17) is 9.47 Å². The van der Waals surface area contributed by atoms with Gasteiger partial charge in [0.15, 0.2) is 11.5 Å². The number of alkyl halides is 3. The molecule has 0 amide bonds. The Morgan fingerprint density at radius 3 is 2.07 bits per heavy atom. The van der Waals surface area contributed by atoms with Crippen molar-refractivity contribution in [3.05, 3.63) is 42.5 Å². The summed E-state index contributed by atoms with van der Waals surface area (Å²) in [6.07, 6.45) is -4.82. The van der Waals surface area contributed by atoms with Gasteiger partial charge in [-0.05, 0) is 50.2 Å². The van der Waals surface area contributed by atoms with Crippen LogP contribution in [0, 0.1) is 0 Å². The van der Waals surface area contributed by atoms with Gasteiger partial charge in [-0.25, -0.2) is 8.42 Å². The van der Waals surface area contributed by atoms with Gasteiger partial charge in [-0.15, -0.1) is 13.2 Å². The van der Waals surface area contributed by atoms with Crippen molar-refractivity contribution in [1.29, 1.82) is 0 Å². The Hall–Kier alpha value is -2.62. The summed E-state index contributed by atoms with van der Waals surface area (Å²) in [6.45, 7) is 4.24. The van der Waals surface area contributed by atoms with E-state index in [2.05, 4.69) is 9.46 Å². The lowest BCUT2D eigenvalue weighted by Crippen LogP contribution is -2.17. The molecule has 0 fully saturated rings. The van der Waals surface area contributed by atoms with Crippen LogP contribution < -0.4 is 18.9 Å². The van der Waals surface area contributed by atoms with Crippen molar-refractivity contribution in [1.82, 2.24) is 0 Å². The van der Waals surface area contributed by atoms with Crippen molar-refractivity contribution < 1.29 is 35.8 Å². The Balaban J connectivity index is 2.22. The van der Waals surface area contributed by atoms with Gasteiger partial charge in [-0.1, -0.05) is 0 Å². The lowest BCUT2D eigenvalue weighted by molar-refractivity contribution is -0.274. The first-order valence-corrected chi connectivity index (χ1v) is 9.41. The fraction of sp³-hybridized carbons (Fsp3) is 0.294. The molecule has 148 valence electrons. The van der Waals surface area contributed by atoms with Gasteiger partial charge in [0.05, 0.1) is 18.1 Å². The topological polar surface area (TPSA) is 73.9 Å². The van der Waals surface area contributed by atoms with Crippen molar-refractivity contribution >= 4 is 15.7 Å². The molecular formula is C17H18F3NO5S. The monoisotopic (exact) mass is 405 g/mol. The summed E-state index contributed by atoms with van der Waals surface area (Å²) >= 11 is 0. The van der Waals surface area contributed by atoms with Crippen molar-refractivity contribution in [2.24, 2.45) is 0 Å². The minimum Gasteiger partial charge on any atom is -0.490 e. The van der Waals surface area contributed by atoms with Crippen LogP contribution in [-0.2, 0) is 10.0 Å². The van der Waals surface area contributed by atoms with Gasteiger partial charge < -0.3 is 14.2 Å². The van der Waals surface area contributed by atoms with Gasteiger partial charge in [0.25, 0.3) is 10.0 Å². The zero-order chi connectivity index (χ0) is 20.1. The van der Waals surface area contributed by atoms with Crippen molar-refractivity contribution in [3.8, 4) is 17.2 Å². The smallest absolute Gasteiger partial charge is 0.490 e. The van der Waals surface area contributed by atoms with Gasteiger partial charge >= 0.3 is 6.36 Å². The second kappa shape index (κ2) is 8.38. The van der Waals surface area contributed by atoms with Crippen molar-refractivity contribution in [3.63, 3.8) is 0 Å². The lowest BCUT2D eigenvalue weighted by Gasteiger charge is -2.14. The Labute approximate surface area is 154 Å². The summed E-state index contributed by atoms with van der Waals surface area (Å²) in [4.78, 5) is -0.0787. The molecule has 0 aliphatic heterocycles. The maximum atomic E-state index is 12.5. The molecule has 0 aliphatic carbocycles. The Bertz CT molecular complexity index is 867. The van der Waals surface area contributed by atoms with E-state index >= 15 is 0 Å². The van der Waals surface area contributed by atoms with E-state index in [0.29, 0.717) is 19.0 Å². The van der Waals surface area contributed by atoms with Crippen LogP contribution in [0.5, 0.6) is 17.2 Å². The molecule has 0 atom stereocenters. The third-order valence-electron chi connectivity index (χ3n) is 3.17. The van der Waals surface area contributed by atoms with E-state index in [9.17, 15) is 21.6 Å². The van der Waals surface area contributed by atoms with Crippen LogP contribution in [0.3, 0.4) is 0 Å². The van der Waals surface area contributed by atoms with Crippen LogP contribution in [-0.4, -0.2) is 28.0 Å². The number of halogens is 3. The molecule has 0 saturated carbocycles. The first-order chi connectivity index (χ1) is 12.6. The number of hydrogen-bond donors (Lipinski definition) is 1. The minimum atomic E-state index is -4.82. The Morgan fingerprint density at radius 2 is 1.52 bits per heavy atom. The molecule has 0 bridgehead atoms. The third kappa shape index (κ3) is 5.95. The van der Waals surface area contributed by atoms with E-state index in [1.807, 2.05) is 0 Å². The standard InChI is InChI=1S/C17H18F3NO5S/c1-3-24-15-10-9-14(11-16(15)25-4-2)27(22,23)21-12-5-7-13(8-6-12)26-17(18,19)20/h5-11,21H,3-4H2,1-2H3. The van der Waals surface area contributed by atoms with Crippen LogP contribution in [0.2, 0.25) is 0 Å². The van der Waals surface area contributed by atoms with Gasteiger partial charge in [0.1, 0.15) is 5.75 Å². The van der Waals surface area contributed by atoms with E-state index in [1.165, 1.54) is 18.2 Å². The highest BCUT2D eigenvalue weighted by Crippen LogP contribution is 2.31. The third-order valence-corrected chi connectivity index (χ3v) is 4.54. The molecular weight excluding hydrogens is 387 g/mol. The summed E-state index contributed by atoms with van der Waals surface area (Å²) < 4.78 is 78.4. The fourth-order valence-corrected chi connectivity index (χ4v) is 3.21. The first-order valence-electron chi connectivity index (χ1n) is 7.93. The molecule has 6 nitrogen and oxygen atoms in total. The number of sulfonamides is 1. The lowest BCUT2D eigenvalue weighted by atomic mass is 10.3. The van der Waals surface area contributed by atoms with E-state index in [-0.39, 0.29) is 16.3 Å². The zero-order valence-corrected chi connectivity index (χ0v) is 15.4. The molecule has 0 aromatic heterocycles. The Morgan fingerprint density at radius 1 is 0.926 bits per heavy atom. The minimum absolute atomic E-state index is 0.0787. The van der Waals surface area contributed by atoms with Gasteiger partial charge in [0, 0.05) is 11.8 Å². The van der Waals surface area contributed by atoms with Gasteiger partial charge in [-0.2, -0.15) is 0 Å². The molecule has 27 heavy (non-hydrogen) atoms. The maximum absolute atomic E-state index is 12.5. The van der Waals surface area contributed by atoms with Crippen molar-refractivity contribution in [2.45, 2.75) is 25.1 Å². The van der Waals surface area contributed by atoms with Crippen LogP contribution in [0.15, 0.2) is 47.4 Å².